The summed E-state index contributed by atoms with van der Waals surface area (Å²) in [4.78, 5) is 14.2. The molecule has 0 spiro atoms. The van der Waals surface area contributed by atoms with Gasteiger partial charge >= 0.3 is 0 Å². The number of para-hydroxylation sites is 1. The van der Waals surface area contributed by atoms with Gasteiger partial charge in [-0.15, -0.1) is 12.4 Å². The highest BCUT2D eigenvalue weighted by molar-refractivity contribution is 6.04. The van der Waals surface area contributed by atoms with E-state index in [4.69, 9.17) is 0 Å². The summed E-state index contributed by atoms with van der Waals surface area (Å²) in [6.07, 6.45) is 1.00. The number of aromatic amines is 1. The van der Waals surface area contributed by atoms with Crippen LogP contribution in [0.5, 0.6) is 0 Å². The Balaban J connectivity index is 0.00000133. The van der Waals surface area contributed by atoms with Crippen LogP contribution in [0.15, 0.2) is 24.3 Å². The van der Waals surface area contributed by atoms with Crippen molar-refractivity contribution in [3.63, 3.8) is 0 Å². The summed E-state index contributed by atoms with van der Waals surface area (Å²) in [6, 6.07) is 7.97. The Hall–Kier alpha value is -1.59. The molecule has 102 valence electrons. The Labute approximate surface area is 117 Å². The Morgan fingerprint density at radius 3 is 2.95 bits per heavy atom. The average Bonchev–Trinajstić information content (AvgIpc) is 3.06. The second kappa shape index (κ2) is 5.59. The molecule has 3 rings (SSSR count). The van der Waals surface area contributed by atoms with E-state index in [1.807, 2.05) is 31.3 Å². The van der Waals surface area contributed by atoms with Crippen LogP contribution in [-0.4, -0.2) is 47.2 Å². The lowest BCUT2D eigenvalue weighted by Crippen LogP contribution is -2.38. The molecule has 2 N–H and O–H groups in total. The second-order valence-electron chi connectivity index (χ2n) is 4.68. The van der Waals surface area contributed by atoms with Gasteiger partial charge in [0.25, 0.3) is 5.91 Å². The molecule has 1 fully saturated rings. The molecule has 1 aliphatic rings. The van der Waals surface area contributed by atoms with Crippen LogP contribution >= 0.6 is 12.4 Å². The third kappa shape index (κ3) is 2.43. The summed E-state index contributed by atoms with van der Waals surface area (Å²) in [6.45, 7) is 1.84. The monoisotopic (exact) mass is 280 g/mol. The lowest BCUT2D eigenvalue weighted by Gasteiger charge is -2.22. The number of hydrogen-bond donors (Lipinski definition) is 2. The molecule has 1 aromatic heterocycles. The number of hydrogen-bond acceptors (Lipinski definition) is 3. The smallest absolute Gasteiger partial charge is 0.275 e. The maximum Gasteiger partial charge on any atom is 0.275 e. The minimum atomic E-state index is -0.0128. The number of H-pyrrole nitrogens is 1. The predicted octanol–water partition coefficient (Wildman–Crippen LogP) is 1.42. The molecule has 2 heterocycles. The number of likely N-dealkylation sites (N-methyl/N-ethyl adjacent to an activating group) is 1. The van der Waals surface area contributed by atoms with Crippen LogP contribution in [0, 0.1) is 0 Å². The van der Waals surface area contributed by atoms with Gasteiger partial charge in [0.1, 0.15) is 0 Å². The number of aromatic nitrogens is 2. The van der Waals surface area contributed by atoms with E-state index in [-0.39, 0.29) is 24.4 Å². The maximum atomic E-state index is 12.4. The van der Waals surface area contributed by atoms with Crippen LogP contribution in [0.3, 0.4) is 0 Å². The van der Waals surface area contributed by atoms with Crippen LogP contribution in [0.4, 0.5) is 0 Å². The number of benzene rings is 1. The quantitative estimate of drug-likeness (QED) is 0.875. The molecule has 1 atom stereocenters. The first kappa shape index (κ1) is 13.8. The zero-order valence-corrected chi connectivity index (χ0v) is 11.5. The van der Waals surface area contributed by atoms with E-state index in [1.165, 1.54) is 0 Å². The van der Waals surface area contributed by atoms with Gasteiger partial charge in [0.05, 0.1) is 5.52 Å². The second-order valence-corrected chi connectivity index (χ2v) is 4.68. The molecule has 0 saturated carbocycles. The topological polar surface area (TPSA) is 61.0 Å². The van der Waals surface area contributed by atoms with Crippen molar-refractivity contribution in [3.8, 4) is 0 Å². The van der Waals surface area contributed by atoms with Gasteiger partial charge in [-0.3, -0.25) is 9.89 Å². The summed E-state index contributed by atoms with van der Waals surface area (Å²) in [7, 11) is 1.85. The molecule has 0 aliphatic carbocycles. The third-order valence-corrected chi connectivity index (χ3v) is 3.58. The summed E-state index contributed by atoms with van der Waals surface area (Å²) in [5.41, 5.74) is 1.42. The lowest BCUT2D eigenvalue weighted by atomic mass is 10.1. The van der Waals surface area contributed by atoms with E-state index in [2.05, 4.69) is 15.5 Å². The summed E-state index contributed by atoms with van der Waals surface area (Å²) in [5, 5.41) is 11.2. The summed E-state index contributed by atoms with van der Waals surface area (Å²) in [5.74, 6) is -0.0128. The van der Waals surface area contributed by atoms with Gasteiger partial charge in [-0.25, -0.2) is 0 Å². The molecule has 2 aromatic rings. The number of amides is 1. The van der Waals surface area contributed by atoms with Crippen molar-refractivity contribution < 1.29 is 4.79 Å². The molecule has 19 heavy (non-hydrogen) atoms. The highest BCUT2D eigenvalue weighted by atomic mass is 35.5. The zero-order valence-electron chi connectivity index (χ0n) is 10.7. The molecular formula is C13H17ClN4O. The fourth-order valence-corrected chi connectivity index (χ4v) is 2.43. The van der Waals surface area contributed by atoms with Crippen LogP contribution < -0.4 is 5.32 Å². The highest BCUT2D eigenvalue weighted by Crippen LogP contribution is 2.18. The maximum absolute atomic E-state index is 12.4. The molecule has 5 nitrogen and oxygen atoms in total. The molecule has 1 aromatic carbocycles. The van der Waals surface area contributed by atoms with Crippen molar-refractivity contribution in [2.45, 2.75) is 12.5 Å². The molecule has 1 saturated heterocycles. The Morgan fingerprint density at radius 1 is 1.42 bits per heavy atom. The molecule has 1 amide bonds. The van der Waals surface area contributed by atoms with E-state index in [0.717, 1.165) is 30.4 Å². The minimum absolute atomic E-state index is 0. The van der Waals surface area contributed by atoms with Crippen LogP contribution in [0.25, 0.3) is 10.9 Å². The fourth-order valence-electron chi connectivity index (χ4n) is 2.43. The van der Waals surface area contributed by atoms with Crippen LogP contribution in [0.2, 0.25) is 0 Å². The number of carbonyl (C=O) groups excluding carboxylic acids is 1. The minimum Gasteiger partial charge on any atom is -0.336 e. The average molecular weight is 281 g/mol. The zero-order chi connectivity index (χ0) is 12.5. The summed E-state index contributed by atoms with van der Waals surface area (Å²) < 4.78 is 0. The van der Waals surface area contributed by atoms with E-state index in [9.17, 15) is 4.79 Å². The van der Waals surface area contributed by atoms with Gasteiger partial charge in [0.2, 0.25) is 0 Å². The van der Waals surface area contributed by atoms with Crippen molar-refractivity contribution in [2.24, 2.45) is 0 Å². The molecule has 6 heteroatoms. The van der Waals surface area contributed by atoms with Gasteiger partial charge in [-0.1, -0.05) is 18.2 Å². The molecule has 1 unspecified atom stereocenters. The number of fused-ring (bicyclic) bond motifs is 1. The highest BCUT2D eigenvalue weighted by Gasteiger charge is 2.26. The van der Waals surface area contributed by atoms with Crippen molar-refractivity contribution in [1.29, 1.82) is 0 Å². The first-order valence-corrected chi connectivity index (χ1v) is 6.18. The number of carbonyl (C=O) groups is 1. The van der Waals surface area contributed by atoms with E-state index in [1.54, 1.807) is 4.90 Å². The van der Waals surface area contributed by atoms with Crippen molar-refractivity contribution >= 4 is 29.2 Å². The van der Waals surface area contributed by atoms with Gasteiger partial charge in [0, 0.05) is 25.0 Å². The Kier molecular flexibility index (Phi) is 4.07. The molecule has 0 radical (unpaired) electrons. The largest absolute Gasteiger partial charge is 0.336 e. The number of nitrogens with zero attached hydrogens (tertiary/aromatic N) is 2. The van der Waals surface area contributed by atoms with Gasteiger partial charge in [-0.05, 0) is 19.0 Å². The molecule has 1 aliphatic heterocycles. The van der Waals surface area contributed by atoms with Gasteiger partial charge in [-0.2, -0.15) is 5.10 Å². The first-order valence-electron chi connectivity index (χ1n) is 6.18. The lowest BCUT2D eigenvalue weighted by molar-refractivity contribution is 0.0739. The third-order valence-electron chi connectivity index (χ3n) is 3.58. The first-order chi connectivity index (χ1) is 8.77. The fraction of sp³-hybridized carbons (Fsp3) is 0.385. The molecular weight excluding hydrogens is 264 g/mol. The van der Waals surface area contributed by atoms with Crippen LogP contribution in [0.1, 0.15) is 16.9 Å². The van der Waals surface area contributed by atoms with E-state index >= 15 is 0 Å². The normalized spacial score (nSPS) is 18.3. The van der Waals surface area contributed by atoms with E-state index < -0.39 is 0 Å². The van der Waals surface area contributed by atoms with Crippen molar-refractivity contribution in [3.05, 3.63) is 30.0 Å². The van der Waals surface area contributed by atoms with Gasteiger partial charge < -0.3 is 10.2 Å². The Bertz CT molecular complexity index is 577. The molecule has 0 bridgehead atoms. The summed E-state index contributed by atoms with van der Waals surface area (Å²) >= 11 is 0. The number of halogens is 1. The van der Waals surface area contributed by atoms with E-state index in [0.29, 0.717) is 5.69 Å². The Morgan fingerprint density at radius 2 is 2.21 bits per heavy atom. The van der Waals surface area contributed by atoms with Crippen LogP contribution in [-0.2, 0) is 0 Å². The SMILES string of the molecule is CN(C(=O)c1n[nH]c2ccccc12)C1CCNC1.Cl. The number of rotatable bonds is 2. The predicted molar refractivity (Wildman–Crippen MR) is 76.7 cm³/mol. The standard InChI is InChI=1S/C13H16N4O.ClH/c1-17(9-6-7-14-8-9)13(18)12-10-4-2-3-5-11(10)15-16-12;/h2-5,9,14H,6-8H2,1H3,(H,15,16);1H. The van der Waals surface area contributed by atoms with Crippen molar-refractivity contribution in [1.82, 2.24) is 20.4 Å². The van der Waals surface area contributed by atoms with Gasteiger partial charge in [0.15, 0.2) is 5.69 Å². The number of nitrogens with one attached hydrogen (secondary N) is 2. The van der Waals surface area contributed by atoms with Crippen molar-refractivity contribution in [2.75, 3.05) is 20.1 Å².